The van der Waals surface area contributed by atoms with Gasteiger partial charge in [0.2, 0.25) is 0 Å². The molecule has 1 fully saturated rings. The smallest absolute Gasteiger partial charge is 0.325 e. The van der Waals surface area contributed by atoms with Gasteiger partial charge in [0.1, 0.15) is 16.3 Å². The number of nitrogens with zero attached hydrogens (tertiary/aromatic N) is 2. The lowest BCUT2D eigenvalue weighted by Crippen LogP contribution is -2.46. The minimum Gasteiger partial charge on any atom is -0.496 e. The molecule has 0 aliphatic carbocycles. The second kappa shape index (κ2) is 7.91. The van der Waals surface area contributed by atoms with E-state index < -0.39 is 11.6 Å². The number of imide groups is 1. The number of aromatic nitrogens is 1. The highest BCUT2D eigenvalue weighted by Crippen LogP contribution is 2.29. The molecular weight excluding hydrogens is 398 g/mol. The Morgan fingerprint density at radius 3 is 2.60 bits per heavy atom. The average molecular weight is 422 g/mol. The van der Waals surface area contributed by atoms with Crippen LogP contribution in [0.1, 0.15) is 23.7 Å². The van der Waals surface area contributed by atoms with E-state index in [1.807, 2.05) is 60.8 Å². The highest BCUT2D eigenvalue weighted by atomic mass is 32.1. The zero-order valence-corrected chi connectivity index (χ0v) is 18.0. The van der Waals surface area contributed by atoms with E-state index in [1.54, 1.807) is 14.0 Å². The van der Waals surface area contributed by atoms with Crippen molar-refractivity contribution in [3.05, 3.63) is 70.7 Å². The summed E-state index contributed by atoms with van der Waals surface area (Å²) in [5.41, 5.74) is 2.75. The standard InChI is InChI=1S/C23H23N3O3S/c1-15-8-10-16(11-9-15)20-24-18(14-30-20)13-26-21(27)23(2,25-22(26)28)12-17-6-4-5-7-19(17)29-3/h4-11,14H,12-13H2,1-3H3,(H,25,28)/t23-/m0/s1. The number of nitrogens with one attached hydrogen (secondary N) is 1. The monoisotopic (exact) mass is 421 g/mol. The predicted molar refractivity (Wildman–Crippen MR) is 116 cm³/mol. The molecule has 0 saturated carbocycles. The van der Waals surface area contributed by atoms with Crippen molar-refractivity contribution in [1.82, 2.24) is 15.2 Å². The molecule has 154 valence electrons. The van der Waals surface area contributed by atoms with E-state index in [2.05, 4.69) is 10.3 Å². The predicted octanol–water partition coefficient (Wildman–Crippen LogP) is 4.18. The van der Waals surface area contributed by atoms with E-state index in [0.29, 0.717) is 17.9 Å². The van der Waals surface area contributed by atoms with Gasteiger partial charge in [-0.1, -0.05) is 48.0 Å². The second-order valence-corrected chi connectivity index (χ2v) is 8.51. The van der Waals surface area contributed by atoms with Crippen LogP contribution in [0.3, 0.4) is 0 Å². The molecule has 1 aromatic heterocycles. The van der Waals surface area contributed by atoms with Crippen molar-refractivity contribution in [3.8, 4) is 16.3 Å². The number of carbonyl (C=O) groups excluding carboxylic acids is 2. The summed E-state index contributed by atoms with van der Waals surface area (Å²) in [4.78, 5) is 31.6. The summed E-state index contributed by atoms with van der Waals surface area (Å²) in [7, 11) is 1.59. The third kappa shape index (κ3) is 3.80. The molecular formula is C23H23N3O3S. The van der Waals surface area contributed by atoms with Crippen LogP contribution in [0.4, 0.5) is 4.79 Å². The molecule has 0 unspecified atom stereocenters. The lowest BCUT2D eigenvalue weighted by molar-refractivity contribution is -0.131. The first-order valence-corrected chi connectivity index (χ1v) is 10.5. The molecule has 1 aliphatic rings. The largest absolute Gasteiger partial charge is 0.496 e. The van der Waals surface area contributed by atoms with Gasteiger partial charge < -0.3 is 10.1 Å². The topological polar surface area (TPSA) is 71.5 Å². The number of aryl methyl sites for hydroxylation is 1. The fourth-order valence-electron chi connectivity index (χ4n) is 3.61. The van der Waals surface area contributed by atoms with Gasteiger partial charge >= 0.3 is 6.03 Å². The van der Waals surface area contributed by atoms with Gasteiger partial charge in [-0.05, 0) is 25.5 Å². The lowest BCUT2D eigenvalue weighted by Gasteiger charge is -2.22. The van der Waals surface area contributed by atoms with Crippen LogP contribution < -0.4 is 10.1 Å². The van der Waals surface area contributed by atoms with Crippen LogP contribution in [-0.2, 0) is 17.8 Å². The maximum Gasteiger partial charge on any atom is 0.325 e. The van der Waals surface area contributed by atoms with Gasteiger partial charge in [-0.25, -0.2) is 9.78 Å². The summed E-state index contributed by atoms with van der Waals surface area (Å²) in [6.07, 6.45) is 0.351. The molecule has 2 heterocycles. The number of amides is 3. The van der Waals surface area contributed by atoms with E-state index >= 15 is 0 Å². The number of rotatable bonds is 6. The summed E-state index contributed by atoms with van der Waals surface area (Å²) < 4.78 is 5.39. The summed E-state index contributed by atoms with van der Waals surface area (Å²) in [6, 6.07) is 15.2. The van der Waals surface area contributed by atoms with Crippen molar-refractivity contribution in [3.63, 3.8) is 0 Å². The maximum absolute atomic E-state index is 13.1. The third-order valence-electron chi connectivity index (χ3n) is 5.25. The minimum atomic E-state index is -1.03. The maximum atomic E-state index is 13.1. The van der Waals surface area contributed by atoms with E-state index in [1.165, 1.54) is 21.8 Å². The van der Waals surface area contributed by atoms with Crippen molar-refractivity contribution in [2.45, 2.75) is 32.4 Å². The van der Waals surface area contributed by atoms with Crippen LogP contribution >= 0.6 is 11.3 Å². The first-order valence-electron chi connectivity index (χ1n) is 9.67. The van der Waals surface area contributed by atoms with E-state index in [0.717, 1.165) is 16.1 Å². The van der Waals surface area contributed by atoms with Crippen molar-refractivity contribution < 1.29 is 14.3 Å². The Balaban J connectivity index is 1.51. The van der Waals surface area contributed by atoms with E-state index in [9.17, 15) is 9.59 Å². The molecule has 1 aliphatic heterocycles. The van der Waals surface area contributed by atoms with E-state index in [-0.39, 0.29) is 12.5 Å². The molecule has 2 aromatic carbocycles. The number of urea groups is 1. The highest BCUT2D eigenvalue weighted by molar-refractivity contribution is 7.13. The van der Waals surface area contributed by atoms with Crippen molar-refractivity contribution >= 4 is 23.3 Å². The van der Waals surface area contributed by atoms with Gasteiger partial charge in [0, 0.05) is 17.4 Å². The Hall–Kier alpha value is -3.19. The third-order valence-corrected chi connectivity index (χ3v) is 6.19. The number of para-hydroxylation sites is 1. The molecule has 1 atom stereocenters. The normalized spacial score (nSPS) is 18.6. The molecule has 7 heteroatoms. The molecule has 0 radical (unpaired) electrons. The van der Waals surface area contributed by atoms with Crippen molar-refractivity contribution in [2.24, 2.45) is 0 Å². The van der Waals surface area contributed by atoms with Gasteiger partial charge in [0.05, 0.1) is 19.3 Å². The van der Waals surface area contributed by atoms with Crippen LogP contribution in [0.15, 0.2) is 53.9 Å². The van der Waals surface area contributed by atoms with Crippen LogP contribution in [-0.4, -0.2) is 34.5 Å². The van der Waals surface area contributed by atoms with Crippen LogP contribution in [0.2, 0.25) is 0 Å². The van der Waals surface area contributed by atoms with Crippen LogP contribution in [0, 0.1) is 6.92 Å². The van der Waals surface area contributed by atoms with Crippen LogP contribution in [0.25, 0.3) is 10.6 Å². The van der Waals surface area contributed by atoms with Gasteiger partial charge in [-0.2, -0.15) is 0 Å². The molecule has 3 aromatic rings. The number of benzene rings is 2. The number of hydrogen-bond donors (Lipinski definition) is 1. The molecule has 0 bridgehead atoms. The molecule has 4 rings (SSSR count). The fourth-order valence-corrected chi connectivity index (χ4v) is 4.43. The Bertz CT molecular complexity index is 1090. The van der Waals surface area contributed by atoms with Gasteiger partial charge in [0.15, 0.2) is 0 Å². The van der Waals surface area contributed by atoms with Gasteiger partial charge in [-0.3, -0.25) is 9.69 Å². The van der Waals surface area contributed by atoms with Crippen molar-refractivity contribution in [1.29, 1.82) is 0 Å². The molecule has 0 spiro atoms. The zero-order chi connectivity index (χ0) is 21.3. The fraction of sp³-hybridized carbons (Fsp3) is 0.261. The highest BCUT2D eigenvalue weighted by Gasteiger charge is 2.48. The lowest BCUT2D eigenvalue weighted by atomic mass is 9.92. The van der Waals surface area contributed by atoms with Crippen LogP contribution in [0.5, 0.6) is 5.75 Å². The molecule has 30 heavy (non-hydrogen) atoms. The molecule has 6 nitrogen and oxygen atoms in total. The first-order chi connectivity index (χ1) is 14.4. The molecule has 1 saturated heterocycles. The first kappa shape index (κ1) is 20.1. The molecule has 3 amide bonds. The number of hydrogen-bond acceptors (Lipinski definition) is 5. The number of carbonyl (C=O) groups is 2. The summed E-state index contributed by atoms with van der Waals surface area (Å²) >= 11 is 1.50. The molecule has 1 N–H and O–H groups in total. The quantitative estimate of drug-likeness (QED) is 0.606. The average Bonchev–Trinajstić information content (AvgIpc) is 3.28. The van der Waals surface area contributed by atoms with Gasteiger partial charge in [-0.15, -0.1) is 11.3 Å². The number of methoxy groups -OCH3 is 1. The Kier molecular flexibility index (Phi) is 5.30. The Labute approximate surface area is 179 Å². The SMILES string of the molecule is COc1ccccc1C[C@]1(C)NC(=O)N(Cc2csc(-c3ccc(C)cc3)n2)C1=O. The summed E-state index contributed by atoms with van der Waals surface area (Å²) in [6.45, 7) is 3.93. The van der Waals surface area contributed by atoms with E-state index in [4.69, 9.17) is 4.74 Å². The summed E-state index contributed by atoms with van der Waals surface area (Å²) in [5, 5.41) is 5.62. The second-order valence-electron chi connectivity index (χ2n) is 7.65. The van der Waals surface area contributed by atoms with Crippen molar-refractivity contribution in [2.75, 3.05) is 7.11 Å². The Morgan fingerprint density at radius 1 is 1.13 bits per heavy atom. The summed E-state index contributed by atoms with van der Waals surface area (Å²) in [5.74, 6) is 0.435. The minimum absolute atomic E-state index is 0.147. The van der Waals surface area contributed by atoms with Gasteiger partial charge in [0.25, 0.3) is 5.91 Å². The zero-order valence-electron chi connectivity index (χ0n) is 17.1. The number of ether oxygens (including phenoxy) is 1. The number of thiazole rings is 1. The Morgan fingerprint density at radius 2 is 1.87 bits per heavy atom.